The summed E-state index contributed by atoms with van der Waals surface area (Å²) < 4.78 is 0. The van der Waals surface area contributed by atoms with Gasteiger partial charge >= 0.3 is 0 Å². The lowest BCUT2D eigenvalue weighted by Gasteiger charge is -2.05. The molecule has 0 aromatic rings. The van der Waals surface area contributed by atoms with Crippen molar-refractivity contribution in [2.24, 2.45) is 5.92 Å². The maximum atomic E-state index is 10.8. The van der Waals surface area contributed by atoms with Gasteiger partial charge in [0.25, 0.3) is 0 Å². The first kappa shape index (κ1) is 20.4. The molecule has 0 rings (SSSR count). The van der Waals surface area contributed by atoms with Gasteiger partial charge in [-0.1, -0.05) is 53.5 Å². The predicted octanol–water partition coefficient (Wildman–Crippen LogP) is 5.11. The van der Waals surface area contributed by atoms with E-state index < -0.39 is 0 Å². The average Bonchev–Trinajstić information content (AvgIpc) is 2.44. The third-order valence-electron chi connectivity index (χ3n) is 3.26. The number of ketones is 2. The van der Waals surface area contributed by atoms with Gasteiger partial charge in [-0.05, 0) is 24.8 Å². The summed E-state index contributed by atoms with van der Waals surface area (Å²) in [4.78, 5) is 21.4. The van der Waals surface area contributed by atoms with E-state index in [4.69, 9.17) is 0 Å². The molecule has 0 saturated carbocycles. The molecule has 0 aromatic carbocycles. The zero-order valence-corrected chi connectivity index (χ0v) is 13.3. The van der Waals surface area contributed by atoms with Crippen LogP contribution < -0.4 is 0 Å². The molecule has 0 bridgehead atoms. The summed E-state index contributed by atoms with van der Waals surface area (Å²) in [5.41, 5.74) is 0. The Morgan fingerprint density at radius 1 is 1.11 bits per heavy atom. The van der Waals surface area contributed by atoms with Gasteiger partial charge in [0.1, 0.15) is 5.78 Å². The fourth-order valence-electron chi connectivity index (χ4n) is 1.44. The quantitative estimate of drug-likeness (QED) is 0.407. The Kier molecular flexibility index (Phi) is 16.3. The molecule has 0 N–H and O–H groups in total. The average molecular weight is 268 g/mol. The van der Waals surface area contributed by atoms with Crippen LogP contribution in [0.2, 0.25) is 0 Å². The second kappa shape index (κ2) is 15.1. The van der Waals surface area contributed by atoms with Gasteiger partial charge in [0.2, 0.25) is 0 Å². The molecule has 0 spiro atoms. The number of rotatable bonds is 10. The molecule has 0 saturated heterocycles. The molecule has 0 amide bonds. The third kappa shape index (κ3) is 17.1. The molecular weight excluding hydrogens is 236 g/mol. The van der Waals surface area contributed by atoms with E-state index in [9.17, 15) is 9.59 Å². The number of hydrogen-bond acceptors (Lipinski definition) is 2. The first-order valence-electron chi connectivity index (χ1n) is 7.68. The van der Waals surface area contributed by atoms with Gasteiger partial charge in [-0.25, -0.2) is 0 Å². The first-order valence-corrected chi connectivity index (χ1v) is 7.68. The summed E-state index contributed by atoms with van der Waals surface area (Å²) in [5.74, 6) is 1.29. The van der Waals surface area contributed by atoms with E-state index in [1.165, 1.54) is 18.9 Å². The molecule has 0 heterocycles. The van der Waals surface area contributed by atoms with E-state index >= 15 is 0 Å². The van der Waals surface area contributed by atoms with Crippen molar-refractivity contribution in [2.45, 2.75) is 79.1 Å². The summed E-state index contributed by atoms with van der Waals surface area (Å²) in [7, 11) is 0. The summed E-state index contributed by atoms with van der Waals surface area (Å²) in [5, 5.41) is 0. The lowest BCUT2D eigenvalue weighted by atomic mass is 10.0. The van der Waals surface area contributed by atoms with Gasteiger partial charge in [0.15, 0.2) is 5.78 Å². The van der Waals surface area contributed by atoms with Crippen LogP contribution in [0.3, 0.4) is 0 Å². The maximum Gasteiger partial charge on any atom is 0.155 e. The van der Waals surface area contributed by atoms with Gasteiger partial charge in [0, 0.05) is 19.3 Å². The topological polar surface area (TPSA) is 34.1 Å². The third-order valence-corrected chi connectivity index (χ3v) is 3.26. The molecule has 2 nitrogen and oxygen atoms in total. The standard InChI is InChI=1S/C9H18O.C8H14O/c1-4-8(3)6-7-9(10)5-2;1-3-5-6-7-8(9)4-2/h8H,4-7H2,1-3H3;4H,2-3,5-7H2,1H3. The van der Waals surface area contributed by atoms with Gasteiger partial charge in [0.05, 0.1) is 0 Å². The Hall–Kier alpha value is -0.920. The van der Waals surface area contributed by atoms with E-state index in [0.717, 1.165) is 31.6 Å². The van der Waals surface area contributed by atoms with Crippen LogP contribution in [0.1, 0.15) is 79.1 Å². The van der Waals surface area contributed by atoms with Crippen molar-refractivity contribution in [1.82, 2.24) is 0 Å². The number of Topliss-reactive ketones (excluding diaryl/α,β-unsaturated/α-hetero) is 1. The van der Waals surface area contributed by atoms with Crippen LogP contribution in [0.15, 0.2) is 12.7 Å². The lowest BCUT2D eigenvalue weighted by molar-refractivity contribution is -0.119. The summed E-state index contributed by atoms with van der Waals surface area (Å²) >= 11 is 0. The maximum absolute atomic E-state index is 10.8. The van der Waals surface area contributed by atoms with Crippen molar-refractivity contribution in [3.05, 3.63) is 12.7 Å². The molecule has 0 aromatic heterocycles. The molecule has 0 fully saturated rings. The molecule has 0 aliphatic carbocycles. The molecule has 1 unspecified atom stereocenters. The Morgan fingerprint density at radius 2 is 1.74 bits per heavy atom. The predicted molar refractivity (Wildman–Crippen MR) is 83.3 cm³/mol. The zero-order chi connectivity index (χ0) is 15.1. The van der Waals surface area contributed by atoms with Gasteiger partial charge < -0.3 is 0 Å². The van der Waals surface area contributed by atoms with Crippen molar-refractivity contribution < 1.29 is 9.59 Å². The van der Waals surface area contributed by atoms with Crippen LogP contribution >= 0.6 is 0 Å². The van der Waals surface area contributed by atoms with Crippen LogP contribution in [-0.4, -0.2) is 11.6 Å². The molecular formula is C17H32O2. The Balaban J connectivity index is 0. The highest BCUT2D eigenvalue weighted by Gasteiger charge is 2.02. The van der Waals surface area contributed by atoms with Crippen LogP contribution in [0, 0.1) is 5.92 Å². The number of unbranched alkanes of at least 4 members (excludes halogenated alkanes) is 2. The number of carbonyl (C=O) groups excluding carboxylic acids is 2. The minimum atomic E-state index is 0.170. The molecule has 0 radical (unpaired) electrons. The van der Waals surface area contributed by atoms with E-state index in [1.807, 2.05) is 6.92 Å². The van der Waals surface area contributed by atoms with E-state index in [2.05, 4.69) is 27.4 Å². The highest BCUT2D eigenvalue weighted by Crippen LogP contribution is 2.09. The van der Waals surface area contributed by atoms with Crippen molar-refractivity contribution in [2.75, 3.05) is 0 Å². The van der Waals surface area contributed by atoms with Crippen LogP contribution in [0.25, 0.3) is 0 Å². The lowest BCUT2D eigenvalue weighted by Crippen LogP contribution is -1.99. The molecule has 0 aliphatic heterocycles. The van der Waals surface area contributed by atoms with Crippen molar-refractivity contribution in [1.29, 1.82) is 0 Å². The van der Waals surface area contributed by atoms with Crippen LogP contribution in [0.4, 0.5) is 0 Å². The van der Waals surface area contributed by atoms with E-state index in [0.29, 0.717) is 18.6 Å². The molecule has 112 valence electrons. The van der Waals surface area contributed by atoms with Gasteiger partial charge in [-0.3, -0.25) is 9.59 Å². The Morgan fingerprint density at radius 3 is 2.16 bits per heavy atom. The normalized spacial score (nSPS) is 11.2. The van der Waals surface area contributed by atoms with Gasteiger partial charge in [-0.15, -0.1) is 0 Å². The fraction of sp³-hybridized carbons (Fsp3) is 0.765. The van der Waals surface area contributed by atoms with E-state index in [1.54, 1.807) is 0 Å². The SMILES string of the molecule is C=CC(=O)CCCCC.CCC(=O)CCC(C)CC. The van der Waals surface area contributed by atoms with Crippen LogP contribution in [0.5, 0.6) is 0 Å². The minimum absolute atomic E-state index is 0.170. The minimum Gasteiger partial charge on any atom is -0.300 e. The van der Waals surface area contributed by atoms with E-state index in [-0.39, 0.29) is 5.78 Å². The summed E-state index contributed by atoms with van der Waals surface area (Å²) in [6.07, 6.45) is 9.17. The molecule has 0 aliphatic rings. The van der Waals surface area contributed by atoms with Crippen LogP contribution in [-0.2, 0) is 9.59 Å². The van der Waals surface area contributed by atoms with Crippen molar-refractivity contribution in [3.63, 3.8) is 0 Å². The smallest absolute Gasteiger partial charge is 0.155 e. The zero-order valence-electron chi connectivity index (χ0n) is 13.3. The highest BCUT2D eigenvalue weighted by molar-refractivity contribution is 5.88. The molecule has 1 atom stereocenters. The largest absolute Gasteiger partial charge is 0.300 e. The monoisotopic (exact) mass is 268 g/mol. The number of hydrogen-bond donors (Lipinski definition) is 0. The second-order valence-corrected chi connectivity index (χ2v) is 5.07. The number of allylic oxidation sites excluding steroid dienone is 1. The Bertz CT molecular complexity index is 244. The Labute approximate surface area is 119 Å². The van der Waals surface area contributed by atoms with Crippen molar-refractivity contribution in [3.8, 4) is 0 Å². The summed E-state index contributed by atoms with van der Waals surface area (Å²) in [6, 6.07) is 0. The number of carbonyl (C=O) groups is 2. The molecule has 2 heteroatoms. The fourth-order valence-corrected chi connectivity index (χ4v) is 1.44. The second-order valence-electron chi connectivity index (χ2n) is 5.07. The highest BCUT2D eigenvalue weighted by atomic mass is 16.1. The van der Waals surface area contributed by atoms with Crippen molar-refractivity contribution >= 4 is 11.6 Å². The first-order chi connectivity index (χ1) is 9.01. The van der Waals surface area contributed by atoms with Gasteiger partial charge in [-0.2, -0.15) is 0 Å². The molecule has 19 heavy (non-hydrogen) atoms. The summed E-state index contributed by atoms with van der Waals surface area (Å²) in [6.45, 7) is 11.8.